The molecule has 1 N–H and O–H groups in total. The molecule has 0 aliphatic rings. The summed E-state index contributed by atoms with van der Waals surface area (Å²) in [6.07, 6.45) is 0. The fraction of sp³-hybridized carbons (Fsp3) is 0.222. The number of anilines is 2. The molecule has 0 aliphatic carbocycles. The van der Waals surface area contributed by atoms with E-state index >= 15 is 0 Å². The average Bonchev–Trinajstić information content (AvgIpc) is 2.60. The van der Waals surface area contributed by atoms with Crippen LogP contribution in [-0.2, 0) is 14.8 Å². The van der Waals surface area contributed by atoms with E-state index in [1.807, 2.05) is 0 Å². The van der Waals surface area contributed by atoms with E-state index in [1.54, 1.807) is 42.0 Å². The molecule has 0 spiro atoms. The van der Waals surface area contributed by atoms with Crippen LogP contribution in [0.25, 0.3) is 0 Å². The van der Waals surface area contributed by atoms with Crippen LogP contribution in [0.2, 0.25) is 0 Å². The molecule has 150 valence electrons. The van der Waals surface area contributed by atoms with E-state index in [-0.39, 0.29) is 17.0 Å². The summed E-state index contributed by atoms with van der Waals surface area (Å²) in [5, 5.41) is 5.28. The molecule has 0 aliphatic heterocycles. The fourth-order valence-electron chi connectivity index (χ4n) is 2.33. The van der Waals surface area contributed by atoms with Crippen molar-refractivity contribution in [1.82, 2.24) is 0 Å². The molecule has 0 atom stereocenters. The van der Waals surface area contributed by atoms with Crippen molar-refractivity contribution in [2.24, 2.45) is 5.10 Å². The number of hydrogen-bond acceptors (Lipinski definition) is 4. The predicted octanol–water partition coefficient (Wildman–Crippen LogP) is 4.03. The Morgan fingerprint density at radius 2 is 1.68 bits per heavy atom. The monoisotopic (exact) mass is 413 g/mol. The number of hydrogen-bond donors (Lipinski definition) is 1. The standard InChI is InChI=1S/C18H18F3N3O3S/c1-12-9-10-17(23-28(26,27)18(19,20)21)16(11-12)13(2)22-24(14(3)25)15-7-5-4-6-8-15/h4-11,23H,1-3H3/b22-13+. The summed E-state index contributed by atoms with van der Waals surface area (Å²) in [4.78, 5) is 12.0. The highest BCUT2D eigenvalue weighted by Gasteiger charge is 2.46. The number of para-hydroxylation sites is 1. The normalized spacial score (nSPS) is 12.6. The quantitative estimate of drug-likeness (QED) is 0.594. The first-order valence-corrected chi connectivity index (χ1v) is 9.52. The van der Waals surface area contributed by atoms with Gasteiger partial charge in [-0.05, 0) is 38.1 Å². The van der Waals surface area contributed by atoms with Crippen LogP contribution in [0.3, 0.4) is 0 Å². The highest BCUT2D eigenvalue weighted by molar-refractivity contribution is 7.93. The number of hydrazone groups is 1. The maximum absolute atomic E-state index is 12.7. The Hall–Kier alpha value is -2.88. The van der Waals surface area contributed by atoms with Gasteiger partial charge in [0.05, 0.1) is 17.1 Å². The summed E-state index contributed by atoms with van der Waals surface area (Å²) in [7, 11) is -5.60. The van der Waals surface area contributed by atoms with Crippen molar-refractivity contribution in [1.29, 1.82) is 0 Å². The Balaban J connectivity index is 2.52. The van der Waals surface area contributed by atoms with Crippen LogP contribution in [-0.4, -0.2) is 25.5 Å². The van der Waals surface area contributed by atoms with Crippen molar-refractivity contribution >= 4 is 33.0 Å². The van der Waals surface area contributed by atoms with E-state index < -0.39 is 21.4 Å². The predicted molar refractivity (Wildman–Crippen MR) is 102 cm³/mol. The smallest absolute Gasteiger partial charge is 0.275 e. The molecule has 0 aromatic heterocycles. The van der Waals surface area contributed by atoms with Crippen molar-refractivity contribution in [3.8, 4) is 0 Å². The lowest BCUT2D eigenvalue weighted by molar-refractivity contribution is -0.116. The van der Waals surface area contributed by atoms with E-state index in [4.69, 9.17) is 0 Å². The van der Waals surface area contributed by atoms with Crippen LogP contribution in [0.1, 0.15) is 25.0 Å². The molecule has 0 fully saturated rings. The Kier molecular flexibility index (Phi) is 6.13. The Morgan fingerprint density at radius 3 is 2.21 bits per heavy atom. The minimum absolute atomic E-state index is 0.120. The maximum atomic E-state index is 12.7. The second-order valence-electron chi connectivity index (χ2n) is 5.95. The molecule has 28 heavy (non-hydrogen) atoms. The number of nitrogens with one attached hydrogen (secondary N) is 1. The lowest BCUT2D eigenvalue weighted by atomic mass is 10.1. The van der Waals surface area contributed by atoms with Crippen LogP contribution >= 0.6 is 0 Å². The summed E-state index contributed by atoms with van der Waals surface area (Å²) < 4.78 is 62.7. The van der Waals surface area contributed by atoms with Gasteiger partial charge in [-0.1, -0.05) is 29.8 Å². The number of carbonyl (C=O) groups is 1. The Labute approximate surface area is 160 Å². The van der Waals surface area contributed by atoms with E-state index in [2.05, 4.69) is 5.10 Å². The number of rotatable bonds is 5. The van der Waals surface area contributed by atoms with Crippen molar-refractivity contribution in [3.05, 3.63) is 59.7 Å². The molecule has 0 heterocycles. The zero-order chi connectivity index (χ0) is 21.1. The Bertz CT molecular complexity index is 1000. The number of sulfonamides is 1. The molecule has 10 heteroatoms. The molecule has 0 bridgehead atoms. The largest absolute Gasteiger partial charge is 0.516 e. The highest BCUT2D eigenvalue weighted by Crippen LogP contribution is 2.28. The average molecular weight is 413 g/mol. The van der Waals surface area contributed by atoms with Crippen LogP contribution in [0, 0.1) is 6.92 Å². The van der Waals surface area contributed by atoms with Gasteiger partial charge in [0.1, 0.15) is 0 Å². The number of alkyl halides is 3. The molecule has 1 amide bonds. The molecule has 0 radical (unpaired) electrons. The molecule has 6 nitrogen and oxygen atoms in total. The van der Waals surface area contributed by atoms with Gasteiger partial charge in [0.2, 0.25) is 5.91 Å². The topological polar surface area (TPSA) is 78.8 Å². The van der Waals surface area contributed by atoms with Crippen LogP contribution in [0.4, 0.5) is 24.5 Å². The maximum Gasteiger partial charge on any atom is 0.516 e. The van der Waals surface area contributed by atoms with Crippen molar-refractivity contribution in [2.75, 3.05) is 9.73 Å². The van der Waals surface area contributed by atoms with Gasteiger partial charge >= 0.3 is 15.5 Å². The van der Waals surface area contributed by atoms with E-state index in [0.717, 1.165) is 5.01 Å². The first-order chi connectivity index (χ1) is 12.9. The summed E-state index contributed by atoms with van der Waals surface area (Å²) in [6, 6.07) is 12.6. The number of carbonyl (C=O) groups excluding carboxylic acids is 1. The van der Waals surface area contributed by atoms with Gasteiger partial charge in [-0.25, -0.2) is 5.01 Å². The second kappa shape index (κ2) is 8.01. The first kappa shape index (κ1) is 21.4. The summed E-state index contributed by atoms with van der Waals surface area (Å²) >= 11 is 0. The number of amides is 1. The van der Waals surface area contributed by atoms with Gasteiger partial charge in [-0.3, -0.25) is 9.52 Å². The minimum Gasteiger partial charge on any atom is -0.275 e. The number of halogens is 3. The first-order valence-electron chi connectivity index (χ1n) is 8.03. The molecule has 0 saturated carbocycles. The van der Waals surface area contributed by atoms with Crippen LogP contribution in [0.15, 0.2) is 53.6 Å². The van der Waals surface area contributed by atoms with Crippen molar-refractivity contribution in [3.63, 3.8) is 0 Å². The summed E-state index contributed by atoms with van der Waals surface area (Å²) in [5.74, 6) is -0.421. The van der Waals surface area contributed by atoms with Gasteiger partial charge in [0, 0.05) is 12.5 Å². The number of benzene rings is 2. The lowest BCUT2D eigenvalue weighted by Crippen LogP contribution is -2.30. The van der Waals surface area contributed by atoms with E-state index in [9.17, 15) is 26.4 Å². The zero-order valence-electron chi connectivity index (χ0n) is 15.3. The molecule has 0 unspecified atom stereocenters. The molecular weight excluding hydrogens is 395 g/mol. The third-order valence-electron chi connectivity index (χ3n) is 3.66. The molecule has 2 aromatic rings. The van der Waals surface area contributed by atoms with Gasteiger partial charge in [0.15, 0.2) is 0 Å². The van der Waals surface area contributed by atoms with Gasteiger partial charge in [-0.15, -0.1) is 0 Å². The van der Waals surface area contributed by atoms with Gasteiger partial charge in [0.25, 0.3) is 0 Å². The molecule has 0 saturated heterocycles. The molecule has 2 rings (SSSR count). The number of nitrogens with zero attached hydrogens (tertiary/aromatic N) is 2. The van der Waals surface area contributed by atoms with E-state index in [0.29, 0.717) is 11.3 Å². The molecular formula is C18H18F3N3O3S. The van der Waals surface area contributed by atoms with Crippen LogP contribution < -0.4 is 9.73 Å². The summed E-state index contributed by atoms with van der Waals surface area (Å²) in [6.45, 7) is 4.45. The van der Waals surface area contributed by atoms with Crippen molar-refractivity contribution in [2.45, 2.75) is 26.3 Å². The van der Waals surface area contributed by atoms with Gasteiger partial charge < -0.3 is 0 Å². The number of aryl methyl sites for hydroxylation is 1. The van der Waals surface area contributed by atoms with Gasteiger partial charge in [-0.2, -0.15) is 26.7 Å². The SMILES string of the molecule is CC(=O)N(/N=C(\C)c1cc(C)ccc1NS(=O)(=O)C(F)(F)F)c1ccccc1. The second-order valence-corrected chi connectivity index (χ2v) is 7.63. The highest BCUT2D eigenvalue weighted by atomic mass is 32.2. The lowest BCUT2D eigenvalue weighted by Gasteiger charge is -2.18. The van der Waals surface area contributed by atoms with Crippen LogP contribution in [0.5, 0.6) is 0 Å². The molecule has 2 aromatic carbocycles. The summed E-state index contributed by atoms with van der Waals surface area (Å²) in [5.41, 5.74) is -4.35. The Morgan fingerprint density at radius 1 is 1.07 bits per heavy atom. The van der Waals surface area contributed by atoms with E-state index in [1.165, 1.54) is 32.0 Å². The third-order valence-corrected chi connectivity index (χ3v) is 4.76. The minimum atomic E-state index is -5.60. The van der Waals surface area contributed by atoms with Crippen molar-refractivity contribution < 1.29 is 26.4 Å². The zero-order valence-corrected chi connectivity index (χ0v) is 16.1. The third kappa shape index (κ3) is 4.89. The fourth-order valence-corrected chi connectivity index (χ4v) is 2.92.